The first-order chi connectivity index (χ1) is 24.0. The van der Waals surface area contributed by atoms with Crippen molar-refractivity contribution in [3.05, 3.63) is 60.8 Å². The fraction of sp³-hybridized carbons (Fsp3) is 0.700. The van der Waals surface area contributed by atoms with Crippen LogP contribution in [-0.4, -0.2) is 70.0 Å². The van der Waals surface area contributed by atoms with Crippen molar-refractivity contribution in [2.75, 3.05) is 47.5 Å². The largest absolute Gasteiger partial charge is 0.756 e. The fourth-order valence-corrected chi connectivity index (χ4v) is 5.31. The van der Waals surface area contributed by atoms with E-state index in [1.54, 1.807) is 0 Å². The molecule has 0 rings (SSSR count). The van der Waals surface area contributed by atoms with E-state index in [1.807, 2.05) is 51.5 Å². The van der Waals surface area contributed by atoms with Crippen LogP contribution in [0.3, 0.4) is 0 Å². The fourth-order valence-electron chi connectivity index (χ4n) is 4.58. The average molecular weight is 724 g/mol. The summed E-state index contributed by atoms with van der Waals surface area (Å²) < 4.78 is 33.7. The normalized spacial score (nSPS) is 14.4. The van der Waals surface area contributed by atoms with Gasteiger partial charge in [-0.3, -0.25) is 14.2 Å². The Balaban J connectivity index is 4.50. The van der Waals surface area contributed by atoms with E-state index in [0.717, 1.165) is 77.0 Å². The Morgan fingerprint density at radius 2 is 1.16 bits per heavy atom. The quantitative estimate of drug-likeness (QED) is 0.0164. The summed E-state index contributed by atoms with van der Waals surface area (Å²) in [7, 11) is 1.13. The van der Waals surface area contributed by atoms with Crippen LogP contribution in [0.15, 0.2) is 60.8 Å². The van der Waals surface area contributed by atoms with E-state index < -0.39 is 32.5 Å². The van der Waals surface area contributed by atoms with Gasteiger partial charge in [-0.25, -0.2) is 0 Å². The Morgan fingerprint density at radius 3 is 1.76 bits per heavy atom. The molecule has 0 aromatic rings. The third-order valence-corrected chi connectivity index (χ3v) is 8.58. The van der Waals surface area contributed by atoms with Crippen molar-refractivity contribution < 1.29 is 42.1 Å². The molecule has 0 N–H and O–H groups in total. The second kappa shape index (κ2) is 32.6. The van der Waals surface area contributed by atoms with Gasteiger partial charge in [-0.2, -0.15) is 0 Å². The van der Waals surface area contributed by atoms with Crippen molar-refractivity contribution in [3.8, 4) is 0 Å². The number of phosphoric ester groups is 1. The zero-order chi connectivity index (χ0) is 37.2. The molecular formula is C40H70NO8P. The third kappa shape index (κ3) is 35.5. The van der Waals surface area contributed by atoms with Crippen molar-refractivity contribution >= 4 is 19.8 Å². The number of likely N-dealkylation sites (N-methyl/N-ethyl adjacent to an activating group) is 1. The van der Waals surface area contributed by atoms with Gasteiger partial charge >= 0.3 is 11.9 Å². The standard InChI is InChI=1S/C40H70NO8P/c1-6-8-10-12-14-16-18-19-20-21-23-24-26-28-30-32-39(42)46-36-38(37-48-50(44,45)47-35-34-41(3,4)5)49-40(43)33-31-29-27-25-22-17-15-13-11-9-7-2/h8,10,12-16,18-20,38H,6-7,9,11,17,21-37H2,1-5H3/b10-8+,14-12+,15-13+,18-16+,20-19+/t38-/m1/s1. The lowest BCUT2D eigenvalue weighted by atomic mass is 10.1. The van der Waals surface area contributed by atoms with Gasteiger partial charge in [-0.1, -0.05) is 126 Å². The summed E-state index contributed by atoms with van der Waals surface area (Å²) in [6.45, 7) is 3.97. The lowest BCUT2D eigenvalue weighted by Gasteiger charge is -2.28. The molecule has 0 aliphatic carbocycles. The molecule has 0 aliphatic heterocycles. The highest BCUT2D eigenvalue weighted by atomic mass is 31.2. The number of allylic oxidation sites excluding steroid dienone is 10. The number of hydrogen-bond donors (Lipinski definition) is 0. The molecule has 10 heteroatoms. The molecule has 1 unspecified atom stereocenters. The molecule has 288 valence electrons. The number of esters is 2. The molecule has 0 aliphatic rings. The van der Waals surface area contributed by atoms with Gasteiger partial charge in [0, 0.05) is 12.8 Å². The smallest absolute Gasteiger partial charge is 0.306 e. The summed E-state index contributed by atoms with van der Waals surface area (Å²) in [6, 6.07) is 0. The maximum atomic E-state index is 12.6. The summed E-state index contributed by atoms with van der Waals surface area (Å²) in [5.41, 5.74) is 0. The van der Waals surface area contributed by atoms with E-state index in [-0.39, 0.29) is 26.1 Å². The average Bonchev–Trinajstić information content (AvgIpc) is 3.06. The molecule has 2 atom stereocenters. The molecule has 0 fully saturated rings. The SMILES string of the molecule is CC/C=C/C=C/C=C/C=C/CCCCCCCC(=O)OC[C@H](COP(=O)([O-])OCC[N+](C)(C)C)OC(=O)CCCCCCC/C=C/CCCC. The van der Waals surface area contributed by atoms with E-state index in [1.165, 1.54) is 12.8 Å². The molecule has 0 radical (unpaired) electrons. The van der Waals surface area contributed by atoms with E-state index >= 15 is 0 Å². The van der Waals surface area contributed by atoms with Crippen LogP contribution in [0.25, 0.3) is 0 Å². The van der Waals surface area contributed by atoms with Crippen LogP contribution >= 0.6 is 7.82 Å². The third-order valence-electron chi connectivity index (χ3n) is 7.62. The molecule has 0 heterocycles. The predicted molar refractivity (Wildman–Crippen MR) is 203 cm³/mol. The lowest BCUT2D eigenvalue weighted by molar-refractivity contribution is -0.870. The van der Waals surface area contributed by atoms with E-state index in [4.69, 9.17) is 18.5 Å². The van der Waals surface area contributed by atoms with E-state index in [2.05, 4.69) is 44.2 Å². The maximum Gasteiger partial charge on any atom is 0.306 e. The van der Waals surface area contributed by atoms with Crippen molar-refractivity contribution in [2.24, 2.45) is 0 Å². The zero-order valence-corrected chi connectivity index (χ0v) is 33.0. The number of quaternary nitrogens is 1. The topological polar surface area (TPSA) is 111 Å². The molecular weight excluding hydrogens is 653 g/mol. The van der Waals surface area contributed by atoms with Crippen molar-refractivity contribution in [2.45, 2.75) is 136 Å². The van der Waals surface area contributed by atoms with Crippen LogP contribution in [0.2, 0.25) is 0 Å². The van der Waals surface area contributed by atoms with Gasteiger partial charge in [0.2, 0.25) is 0 Å². The molecule has 0 amide bonds. The maximum absolute atomic E-state index is 12.6. The predicted octanol–water partition coefficient (Wildman–Crippen LogP) is 9.49. The highest BCUT2D eigenvalue weighted by Gasteiger charge is 2.21. The van der Waals surface area contributed by atoms with Crippen LogP contribution in [0.5, 0.6) is 0 Å². The first-order valence-corrected chi connectivity index (χ1v) is 20.5. The second-order valence-corrected chi connectivity index (χ2v) is 15.1. The van der Waals surface area contributed by atoms with Gasteiger partial charge in [0.1, 0.15) is 19.8 Å². The number of hydrogen-bond acceptors (Lipinski definition) is 8. The number of phosphoric acid groups is 1. The number of rotatable bonds is 33. The van der Waals surface area contributed by atoms with Crippen molar-refractivity contribution in [1.29, 1.82) is 0 Å². The van der Waals surface area contributed by atoms with Gasteiger partial charge in [0.15, 0.2) is 6.10 Å². The summed E-state index contributed by atoms with van der Waals surface area (Å²) >= 11 is 0. The summed E-state index contributed by atoms with van der Waals surface area (Å²) in [6.07, 6.45) is 36.8. The Bertz CT molecular complexity index is 1040. The molecule has 0 saturated carbocycles. The number of nitrogens with zero attached hydrogens (tertiary/aromatic N) is 1. The minimum atomic E-state index is -4.63. The van der Waals surface area contributed by atoms with Crippen LogP contribution in [0.1, 0.15) is 129 Å². The van der Waals surface area contributed by atoms with E-state index in [9.17, 15) is 19.0 Å². The zero-order valence-electron chi connectivity index (χ0n) is 32.1. The number of unbranched alkanes of at least 4 members (excludes halogenated alkanes) is 12. The highest BCUT2D eigenvalue weighted by Crippen LogP contribution is 2.38. The van der Waals surface area contributed by atoms with Crippen molar-refractivity contribution in [1.82, 2.24) is 0 Å². The summed E-state index contributed by atoms with van der Waals surface area (Å²) in [4.78, 5) is 37.3. The minimum absolute atomic E-state index is 0.0395. The highest BCUT2D eigenvalue weighted by molar-refractivity contribution is 7.45. The van der Waals surface area contributed by atoms with Gasteiger partial charge in [-0.05, 0) is 51.4 Å². The first-order valence-electron chi connectivity index (χ1n) is 19.0. The first kappa shape index (κ1) is 47.7. The van der Waals surface area contributed by atoms with Gasteiger partial charge in [0.25, 0.3) is 7.82 Å². The Hall–Kier alpha value is -2.29. The number of ether oxygens (including phenoxy) is 2. The number of carbonyl (C=O) groups is 2. The lowest BCUT2D eigenvalue weighted by Crippen LogP contribution is -2.37. The summed E-state index contributed by atoms with van der Waals surface area (Å²) in [5, 5.41) is 0. The number of carbonyl (C=O) groups excluding carboxylic acids is 2. The second-order valence-electron chi connectivity index (χ2n) is 13.6. The molecule has 50 heavy (non-hydrogen) atoms. The van der Waals surface area contributed by atoms with E-state index in [0.29, 0.717) is 23.9 Å². The monoisotopic (exact) mass is 723 g/mol. The molecule has 0 aromatic carbocycles. The Morgan fingerprint density at radius 1 is 0.640 bits per heavy atom. The van der Waals surface area contributed by atoms with Crippen LogP contribution in [-0.2, 0) is 32.7 Å². The van der Waals surface area contributed by atoms with Crippen molar-refractivity contribution in [3.63, 3.8) is 0 Å². The molecule has 9 nitrogen and oxygen atoms in total. The molecule has 0 aromatic heterocycles. The Labute approximate surface area is 305 Å². The van der Waals surface area contributed by atoms with Crippen LogP contribution < -0.4 is 4.89 Å². The van der Waals surface area contributed by atoms with Gasteiger partial charge in [-0.15, -0.1) is 0 Å². The molecule has 0 bridgehead atoms. The Kier molecular flexibility index (Phi) is 31.1. The molecule has 0 saturated heterocycles. The van der Waals surface area contributed by atoms with Gasteiger partial charge in [0.05, 0.1) is 27.7 Å². The summed E-state index contributed by atoms with van der Waals surface area (Å²) in [5.74, 6) is -0.882. The van der Waals surface area contributed by atoms with Gasteiger partial charge < -0.3 is 27.9 Å². The van der Waals surface area contributed by atoms with Crippen LogP contribution in [0.4, 0.5) is 0 Å². The molecule has 0 spiro atoms. The van der Waals surface area contributed by atoms with Crippen LogP contribution in [0, 0.1) is 0 Å². The minimum Gasteiger partial charge on any atom is -0.756 e.